The highest BCUT2D eigenvalue weighted by Crippen LogP contribution is 2.63. The van der Waals surface area contributed by atoms with Gasteiger partial charge in [0.15, 0.2) is 18.0 Å². The Kier molecular flexibility index (Phi) is 6.15. The Labute approximate surface area is 211 Å². The molecule has 5 atom stereocenters. The van der Waals surface area contributed by atoms with E-state index in [9.17, 15) is 19.6 Å². The van der Waals surface area contributed by atoms with E-state index in [1.54, 1.807) is 12.1 Å². The first-order valence-corrected chi connectivity index (χ1v) is 12.2. The van der Waals surface area contributed by atoms with Crippen molar-refractivity contribution >= 4 is 29.4 Å². The first-order chi connectivity index (χ1) is 17.8. The molecule has 3 fully saturated rings. The van der Waals surface area contributed by atoms with Crippen LogP contribution in [-0.2, 0) is 38.9 Å². The molecule has 1 saturated carbocycles. The van der Waals surface area contributed by atoms with E-state index < -0.39 is 47.6 Å². The van der Waals surface area contributed by atoms with Crippen LogP contribution in [0.1, 0.15) is 51.6 Å². The highest BCUT2D eigenvalue weighted by molar-refractivity contribution is 5.76. The van der Waals surface area contributed by atoms with E-state index in [2.05, 4.69) is 16.2 Å². The number of nitrogen functional groups attached to an aromatic ring is 1. The fraction of sp³-hybridized carbons (Fsp3) is 0.583. The fourth-order valence-corrected chi connectivity index (χ4v) is 5.09. The van der Waals surface area contributed by atoms with Gasteiger partial charge in [0.05, 0.1) is 12.3 Å². The SMILES string of the molecule is CCC(CC)COC(=O)OC1[C@H]2O[C@@](C#N)(c3ccc4c(N)ncnn34)[C@@H]3OC(=O)CCCC(=O)O[C@]123. The zero-order valence-electron chi connectivity index (χ0n) is 20.4. The molecule has 2 aromatic heterocycles. The van der Waals surface area contributed by atoms with Crippen LogP contribution in [0.2, 0.25) is 0 Å². The third-order valence-corrected chi connectivity index (χ3v) is 7.29. The van der Waals surface area contributed by atoms with Gasteiger partial charge in [-0.2, -0.15) is 10.4 Å². The van der Waals surface area contributed by atoms with Crippen LogP contribution in [0.25, 0.3) is 5.52 Å². The lowest BCUT2D eigenvalue weighted by Gasteiger charge is -2.33. The number of carbonyl (C=O) groups is 3. The summed E-state index contributed by atoms with van der Waals surface area (Å²) in [5, 5.41) is 14.6. The summed E-state index contributed by atoms with van der Waals surface area (Å²) in [6, 6.07) is 5.23. The number of ether oxygens (including phenoxy) is 5. The highest BCUT2D eigenvalue weighted by Gasteiger charge is 2.89. The average Bonchev–Trinajstić information content (AvgIpc) is 3.17. The number of nitrogens with two attached hydrogens (primary N) is 1. The van der Waals surface area contributed by atoms with Crippen LogP contribution in [0.15, 0.2) is 18.5 Å². The number of fused-ring (bicyclic) bond motifs is 1. The monoisotopic (exact) mass is 513 g/mol. The van der Waals surface area contributed by atoms with Crippen LogP contribution in [0, 0.1) is 17.2 Å². The minimum Gasteiger partial charge on any atom is -0.453 e. The van der Waals surface area contributed by atoms with Gasteiger partial charge in [-0.1, -0.05) is 26.7 Å². The third-order valence-electron chi connectivity index (χ3n) is 7.29. The number of nitrogens with zero attached hydrogens (tertiary/aromatic N) is 4. The molecule has 0 radical (unpaired) electrons. The number of esters is 2. The number of nitriles is 1. The Balaban J connectivity index is 1.52. The van der Waals surface area contributed by atoms with E-state index in [4.69, 9.17) is 29.4 Å². The number of aromatic nitrogens is 3. The summed E-state index contributed by atoms with van der Waals surface area (Å²) in [5.74, 6) is -0.954. The zero-order valence-corrected chi connectivity index (χ0v) is 20.4. The van der Waals surface area contributed by atoms with Crippen molar-refractivity contribution in [3.8, 4) is 6.07 Å². The molecule has 5 rings (SSSR count). The summed E-state index contributed by atoms with van der Waals surface area (Å²) in [6.07, 6.45) is -1.74. The van der Waals surface area contributed by atoms with Gasteiger partial charge in [-0.05, 0) is 24.5 Å². The molecule has 0 amide bonds. The Bertz CT molecular complexity index is 1290. The standard InChI is InChI=1S/C24H27N5O8/c1-3-13(4-2)10-33-22(32)35-18-19-24(18)21(34-16(30)6-5-7-17(31)36-24)23(11-25,37-19)15-9-8-14-20(26)27-12-28-29(14)15/h8-9,12-13,18-19,21H,3-7,10H2,1-2H3,(H2,26,27,28)/t18?,19-,21+,23+,24-/m1/s1. The van der Waals surface area contributed by atoms with E-state index >= 15 is 0 Å². The molecule has 4 heterocycles. The first kappa shape index (κ1) is 24.8. The lowest BCUT2D eigenvalue weighted by molar-refractivity contribution is -0.183. The second kappa shape index (κ2) is 9.19. The molecule has 0 aromatic carbocycles. The summed E-state index contributed by atoms with van der Waals surface area (Å²) in [7, 11) is 0. The maximum Gasteiger partial charge on any atom is 0.508 e. The molecule has 0 bridgehead atoms. The van der Waals surface area contributed by atoms with E-state index in [-0.39, 0.29) is 43.3 Å². The van der Waals surface area contributed by atoms with Gasteiger partial charge in [-0.3, -0.25) is 9.59 Å². The van der Waals surface area contributed by atoms with Crippen LogP contribution in [0.3, 0.4) is 0 Å². The quantitative estimate of drug-likeness (QED) is 0.438. The Morgan fingerprint density at radius 3 is 2.78 bits per heavy atom. The number of rotatable bonds is 6. The number of hydrogen-bond donors (Lipinski definition) is 1. The Morgan fingerprint density at radius 1 is 1.30 bits per heavy atom. The molecule has 3 aliphatic rings. The number of anilines is 1. The average molecular weight is 514 g/mol. The van der Waals surface area contributed by atoms with E-state index in [1.807, 2.05) is 13.8 Å². The molecule has 196 valence electrons. The molecule has 1 aliphatic carbocycles. The van der Waals surface area contributed by atoms with Crippen LogP contribution < -0.4 is 5.73 Å². The van der Waals surface area contributed by atoms with Gasteiger partial charge in [0.25, 0.3) is 0 Å². The highest BCUT2D eigenvalue weighted by atomic mass is 16.8. The van der Waals surface area contributed by atoms with Crippen molar-refractivity contribution in [2.24, 2.45) is 5.92 Å². The van der Waals surface area contributed by atoms with Gasteiger partial charge in [-0.15, -0.1) is 0 Å². The minimum atomic E-state index is -1.95. The van der Waals surface area contributed by atoms with Gasteiger partial charge < -0.3 is 29.4 Å². The lowest BCUT2D eigenvalue weighted by atomic mass is 9.90. The van der Waals surface area contributed by atoms with E-state index in [0.29, 0.717) is 5.52 Å². The molecule has 1 unspecified atom stereocenters. The topological polar surface area (TPSA) is 177 Å². The summed E-state index contributed by atoms with van der Waals surface area (Å²) >= 11 is 0. The Hall–Kier alpha value is -3.92. The molecule has 1 spiro atoms. The van der Waals surface area contributed by atoms with E-state index in [0.717, 1.165) is 12.8 Å². The molecule has 2 aliphatic heterocycles. The van der Waals surface area contributed by atoms with Crippen LogP contribution in [0.4, 0.5) is 10.6 Å². The molecular weight excluding hydrogens is 486 g/mol. The minimum absolute atomic E-state index is 0.0560. The van der Waals surface area contributed by atoms with Crippen molar-refractivity contribution in [2.45, 2.75) is 75.5 Å². The summed E-state index contributed by atoms with van der Waals surface area (Å²) in [4.78, 5) is 41.9. The van der Waals surface area contributed by atoms with Gasteiger partial charge in [0.2, 0.25) is 11.2 Å². The number of hydrogen-bond acceptors (Lipinski definition) is 12. The smallest absolute Gasteiger partial charge is 0.453 e. The predicted molar refractivity (Wildman–Crippen MR) is 122 cm³/mol. The number of carbonyl (C=O) groups excluding carboxylic acids is 3. The van der Waals surface area contributed by atoms with Gasteiger partial charge in [-0.25, -0.2) is 14.3 Å². The molecule has 37 heavy (non-hydrogen) atoms. The van der Waals surface area contributed by atoms with Crippen LogP contribution in [-0.4, -0.2) is 63.2 Å². The van der Waals surface area contributed by atoms with Gasteiger partial charge >= 0.3 is 18.1 Å². The maximum atomic E-state index is 12.7. The fourth-order valence-electron chi connectivity index (χ4n) is 5.09. The molecule has 2 aromatic rings. The van der Waals surface area contributed by atoms with Crippen molar-refractivity contribution in [1.82, 2.24) is 14.6 Å². The van der Waals surface area contributed by atoms with Gasteiger partial charge in [0, 0.05) is 12.8 Å². The molecule has 13 nitrogen and oxygen atoms in total. The van der Waals surface area contributed by atoms with Crippen molar-refractivity contribution in [3.05, 3.63) is 24.2 Å². The van der Waals surface area contributed by atoms with Crippen molar-refractivity contribution in [2.75, 3.05) is 12.3 Å². The van der Waals surface area contributed by atoms with Gasteiger partial charge in [0.1, 0.15) is 24.0 Å². The maximum absolute atomic E-state index is 12.7. The van der Waals surface area contributed by atoms with E-state index in [1.165, 1.54) is 10.8 Å². The summed E-state index contributed by atoms with van der Waals surface area (Å²) in [6.45, 7) is 4.14. The summed E-state index contributed by atoms with van der Waals surface area (Å²) < 4.78 is 29.8. The Morgan fingerprint density at radius 2 is 2.05 bits per heavy atom. The first-order valence-electron chi connectivity index (χ1n) is 12.2. The predicted octanol–water partition coefficient (Wildman–Crippen LogP) is 1.78. The molecule has 13 heteroatoms. The van der Waals surface area contributed by atoms with Crippen LogP contribution in [0.5, 0.6) is 0 Å². The normalized spacial score (nSPS) is 30.7. The van der Waals surface area contributed by atoms with Crippen molar-refractivity contribution in [3.63, 3.8) is 0 Å². The third kappa shape index (κ3) is 3.83. The second-order valence-corrected chi connectivity index (χ2v) is 9.38. The lowest BCUT2D eigenvalue weighted by Crippen LogP contribution is -2.51. The van der Waals surface area contributed by atoms with Crippen molar-refractivity contribution < 1.29 is 38.1 Å². The second-order valence-electron chi connectivity index (χ2n) is 9.38. The molecule has 2 saturated heterocycles. The van der Waals surface area contributed by atoms with Crippen molar-refractivity contribution in [1.29, 1.82) is 5.26 Å². The molecular formula is C24H27N5O8. The zero-order chi connectivity index (χ0) is 26.4. The largest absolute Gasteiger partial charge is 0.508 e. The summed E-state index contributed by atoms with van der Waals surface area (Å²) in [5.41, 5.74) is 2.86. The molecule has 2 N–H and O–H groups in total. The van der Waals surface area contributed by atoms with Crippen LogP contribution >= 0.6 is 0 Å².